The van der Waals surface area contributed by atoms with E-state index >= 15 is 0 Å². The largest absolute Gasteiger partial charge is 0.507 e. The van der Waals surface area contributed by atoms with Gasteiger partial charge in [0, 0.05) is 36.3 Å². The van der Waals surface area contributed by atoms with E-state index in [0.29, 0.717) is 0 Å². The smallest absolute Gasteiger partial charge is 0.255 e. The zero-order valence-electron chi connectivity index (χ0n) is 17.8. The van der Waals surface area contributed by atoms with E-state index in [0.717, 1.165) is 28.0 Å². The van der Waals surface area contributed by atoms with E-state index in [4.69, 9.17) is 11.6 Å². The van der Waals surface area contributed by atoms with Crippen molar-refractivity contribution in [2.45, 2.75) is 6.04 Å². The second-order valence-corrected chi connectivity index (χ2v) is 7.95. The Morgan fingerprint density at radius 2 is 1.88 bits per heavy atom. The Morgan fingerprint density at radius 3 is 2.61 bits per heavy atom. The van der Waals surface area contributed by atoms with Crippen molar-refractivity contribution in [3.8, 4) is 16.9 Å². The van der Waals surface area contributed by atoms with Gasteiger partial charge in [-0.2, -0.15) is 0 Å². The Hall–Kier alpha value is -3.90. The predicted molar refractivity (Wildman–Crippen MR) is 130 cm³/mol. The Labute approximate surface area is 196 Å². The summed E-state index contributed by atoms with van der Waals surface area (Å²) in [5.74, 6) is -1.41. The standard InChI is InChI=1S/C26H22ClN3O3/c1-28-22-7-3-2-6-19(22)17-8-10-20(25(27)32)23(14-17)30-26(33)21-13-16(9-11-24(21)31)18-5-4-12-29-15-18/h2-15,20,23,28,31H,1H3,(H,30,33). The molecule has 6 nitrogen and oxygen atoms in total. The van der Waals surface area contributed by atoms with Crippen LogP contribution in [0.25, 0.3) is 16.7 Å². The Bertz CT molecular complexity index is 1250. The van der Waals surface area contributed by atoms with Gasteiger partial charge in [-0.05, 0) is 47.0 Å². The number of phenols is 1. The van der Waals surface area contributed by atoms with Gasteiger partial charge in [0.1, 0.15) is 5.75 Å². The van der Waals surface area contributed by atoms with E-state index in [1.807, 2.05) is 43.5 Å². The maximum absolute atomic E-state index is 13.1. The molecule has 2 atom stereocenters. The monoisotopic (exact) mass is 459 g/mol. The summed E-state index contributed by atoms with van der Waals surface area (Å²) in [6.45, 7) is 0. The molecule has 0 aliphatic heterocycles. The molecule has 2 unspecified atom stereocenters. The van der Waals surface area contributed by atoms with Gasteiger partial charge in [0.05, 0.1) is 17.5 Å². The molecule has 1 aliphatic carbocycles. The van der Waals surface area contributed by atoms with Crippen molar-refractivity contribution in [1.82, 2.24) is 10.3 Å². The SMILES string of the molecule is CNc1ccccc1C1=CC(NC(=O)c2cc(-c3cccnc3)ccc2O)C(C(=O)Cl)C=C1. The molecule has 33 heavy (non-hydrogen) atoms. The molecule has 0 bridgehead atoms. The third kappa shape index (κ3) is 4.81. The van der Waals surface area contributed by atoms with Crippen LogP contribution >= 0.6 is 11.6 Å². The van der Waals surface area contributed by atoms with E-state index in [-0.39, 0.29) is 11.3 Å². The number of phenolic OH excluding ortho intramolecular Hbond substituents is 1. The quantitative estimate of drug-likeness (QED) is 0.467. The average Bonchev–Trinajstić information content (AvgIpc) is 2.84. The van der Waals surface area contributed by atoms with Gasteiger partial charge < -0.3 is 15.7 Å². The van der Waals surface area contributed by atoms with Crippen LogP contribution in [0.4, 0.5) is 5.69 Å². The van der Waals surface area contributed by atoms with Gasteiger partial charge in [-0.3, -0.25) is 14.6 Å². The second-order valence-electron chi connectivity index (χ2n) is 7.58. The predicted octanol–water partition coefficient (Wildman–Crippen LogP) is 4.63. The average molecular weight is 460 g/mol. The lowest BCUT2D eigenvalue weighted by atomic mass is 9.88. The highest BCUT2D eigenvalue weighted by Gasteiger charge is 2.29. The van der Waals surface area contributed by atoms with E-state index in [9.17, 15) is 14.7 Å². The first kappa shape index (κ1) is 22.3. The fourth-order valence-corrected chi connectivity index (χ4v) is 4.03. The Morgan fingerprint density at radius 1 is 1.06 bits per heavy atom. The van der Waals surface area contributed by atoms with Crippen LogP contribution in [-0.2, 0) is 4.79 Å². The summed E-state index contributed by atoms with van der Waals surface area (Å²) < 4.78 is 0. The Kier molecular flexibility index (Phi) is 6.56. The number of hydrogen-bond acceptors (Lipinski definition) is 5. The summed E-state index contributed by atoms with van der Waals surface area (Å²) in [6.07, 6.45) is 8.66. The number of carbonyl (C=O) groups is 2. The molecular weight excluding hydrogens is 438 g/mol. The minimum atomic E-state index is -0.732. The topological polar surface area (TPSA) is 91.3 Å². The summed E-state index contributed by atoms with van der Waals surface area (Å²) in [5.41, 5.74) is 4.32. The summed E-state index contributed by atoms with van der Waals surface area (Å²) in [5, 5.41) is 15.8. The van der Waals surface area contributed by atoms with Crippen molar-refractivity contribution >= 4 is 34.0 Å². The molecule has 1 amide bonds. The van der Waals surface area contributed by atoms with Gasteiger partial charge in [0.15, 0.2) is 0 Å². The molecule has 1 aromatic heterocycles. The van der Waals surface area contributed by atoms with E-state index in [2.05, 4.69) is 15.6 Å². The molecule has 0 spiro atoms. The van der Waals surface area contributed by atoms with Crippen molar-refractivity contribution in [3.05, 3.63) is 96.3 Å². The van der Waals surface area contributed by atoms with Crippen molar-refractivity contribution in [2.24, 2.45) is 5.92 Å². The van der Waals surface area contributed by atoms with Crippen molar-refractivity contribution in [1.29, 1.82) is 0 Å². The van der Waals surface area contributed by atoms with Crippen LogP contribution in [0, 0.1) is 5.92 Å². The highest BCUT2D eigenvalue weighted by molar-refractivity contribution is 6.64. The van der Waals surface area contributed by atoms with Gasteiger partial charge in [-0.25, -0.2) is 0 Å². The third-order valence-corrected chi connectivity index (χ3v) is 5.78. The molecule has 166 valence electrons. The van der Waals surface area contributed by atoms with Crippen LogP contribution < -0.4 is 10.6 Å². The number of anilines is 1. The number of aromatic hydroxyl groups is 1. The van der Waals surface area contributed by atoms with Gasteiger partial charge in [0.2, 0.25) is 5.24 Å². The van der Waals surface area contributed by atoms with Gasteiger partial charge >= 0.3 is 0 Å². The first-order valence-electron chi connectivity index (χ1n) is 10.4. The fraction of sp³-hybridized carbons (Fsp3) is 0.115. The van der Waals surface area contributed by atoms with Crippen LogP contribution in [0.2, 0.25) is 0 Å². The zero-order valence-corrected chi connectivity index (χ0v) is 18.6. The molecule has 0 fully saturated rings. The van der Waals surface area contributed by atoms with Crippen molar-refractivity contribution in [3.63, 3.8) is 0 Å². The number of nitrogens with one attached hydrogen (secondary N) is 2. The number of pyridine rings is 1. The number of halogens is 1. The number of aromatic nitrogens is 1. The molecule has 3 N–H and O–H groups in total. The molecule has 1 heterocycles. The number of para-hydroxylation sites is 1. The highest BCUT2D eigenvalue weighted by atomic mass is 35.5. The molecule has 0 radical (unpaired) electrons. The van der Waals surface area contributed by atoms with Crippen LogP contribution in [0.1, 0.15) is 15.9 Å². The number of amides is 1. The molecular formula is C26H22ClN3O3. The number of allylic oxidation sites excluding steroid dienone is 2. The summed E-state index contributed by atoms with van der Waals surface area (Å²) in [4.78, 5) is 29.3. The summed E-state index contributed by atoms with van der Waals surface area (Å²) >= 11 is 5.83. The van der Waals surface area contributed by atoms with Gasteiger partial charge in [-0.15, -0.1) is 0 Å². The molecule has 0 saturated heterocycles. The minimum Gasteiger partial charge on any atom is -0.507 e. The third-order valence-electron chi connectivity index (χ3n) is 5.53. The number of rotatable bonds is 6. The molecule has 4 rings (SSSR count). The summed E-state index contributed by atoms with van der Waals surface area (Å²) in [7, 11) is 1.83. The zero-order chi connectivity index (χ0) is 23.4. The fourth-order valence-electron chi connectivity index (χ4n) is 3.82. The first-order chi connectivity index (χ1) is 16.0. The molecule has 2 aromatic carbocycles. The van der Waals surface area contributed by atoms with Gasteiger partial charge in [-0.1, -0.05) is 48.6 Å². The number of hydrogen-bond donors (Lipinski definition) is 3. The molecule has 3 aromatic rings. The lowest BCUT2D eigenvalue weighted by Gasteiger charge is -2.25. The lowest BCUT2D eigenvalue weighted by molar-refractivity contribution is -0.114. The van der Waals surface area contributed by atoms with E-state index in [1.54, 1.807) is 42.7 Å². The molecule has 0 saturated carbocycles. The van der Waals surface area contributed by atoms with E-state index in [1.165, 1.54) is 6.07 Å². The minimum absolute atomic E-state index is 0.0947. The van der Waals surface area contributed by atoms with Crippen molar-refractivity contribution < 1.29 is 14.7 Å². The van der Waals surface area contributed by atoms with Crippen molar-refractivity contribution in [2.75, 3.05) is 12.4 Å². The summed E-state index contributed by atoms with van der Waals surface area (Å²) in [6, 6.07) is 15.5. The Balaban J connectivity index is 1.66. The number of benzene rings is 2. The highest BCUT2D eigenvalue weighted by Crippen LogP contribution is 2.31. The first-order valence-corrected chi connectivity index (χ1v) is 10.8. The molecule has 7 heteroatoms. The maximum Gasteiger partial charge on any atom is 0.255 e. The maximum atomic E-state index is 13.1. The normalized spacial score (nSPS) is 17.2. The van der Waals surface area contributed by atoms with Crippen LogP contribution in [0.5, 0.6) is 5.75 Å². The van der Waals surface area contributed by atoms with Crippen LogP contribution in [-0.4, -0.2) is 34.3 Å². The molecule has 1 aliphatic rings. The van der Waals surface area contributed by atoms with Gasteiger partial charge in [0.25, 0.3) is 5.91 Å². The van der Waals surface area contributed by atoms with E-state index < -0.39 is 23.1 Å². The number of nitrogens with zero attached hydrogens (tertiary/aromatic N) is 1. The van der Waals surface area contributed by atoms with Crippen LogP contribution in [0.3, 0.4) is 0 Å². The lowest BCUT2D eigenvalue weighted by Crippen LogP contribution is -2.41. The van der Waals surface area contributed by atoms with Crippen LogP contribution in [0.15, 0.2) is 85.2 Å². The second kappa shape index (κ2) is 9.71. The number of carbonyl (C=O) groups excluding carboxylic acids is 2.